The molecule has 3 aromatic heterocycles. The number of anilines is 3. The Hall–Kier alpha value is -3.40. The molecule has 162 valence electrons. The largest absolute Gasteiger partial charge is 0.479 e. The van der Waals surface area contributed by atoms with Gasteiger partial charge in [-0.05, 0) is 26.3 Å². The predicted octanol–water partition coefficient (Wildman–Crippen LogP) is 1.83. The fourth-order valence-corrected chi connectivity index (χ4v) is 4.37. The zero-order valence-corrected chi connectivity index (χ0v) is 17.9. The quantitative estimate of drug-likeness (QED) is 0.664. The summed E-state index contributed by atoms with van der Waals surface area (Å²) in [5, 5.41) is 6.41. The summed E-state index contributed by atoms with van der Waals surface area (Å²) < 4.78 is 7.15. The van der Waals surface area contributed by atoms with Gasteiger partial charge in [0.05, 0.1) is 12.8 Å². The van der Waals surface area contributed by atoms with E-state index in [0.717, 1.165) is 37.3 Å². The van der Waals surface area contributed by atoms with Gasteiger partial charge in [0.1, 0.15) is 11.5 Å². The van der Waals surface area contributed by atoms with Crippen molar-refractivity contribution in [3.05, 3.63) is 35.9 Å². The van der Waals surface area contributed by atoms with Gasteiger partial charge < -0.3 is 20.3 Å². The third-order valence-corrected chi connectivity index (χ3v) is 5.77. The number of hydrogen-bond donors (Lipinski definition) is 2. The number of ether oxygens (including phenoxy) is 1. The van der Waals surface area contributed by atoms with Gasteiger partial charge in [-0.25, -0.2) is 14.8 Å². The lowest BCUT2D eigenvalue weighted by Crippen LogP contribution is -2.49. The van der Waals surface area contributed by atoms with Crippen LogP contribution in [0.25, 0.3) is 5.78 Å². The minimum Gasteiger partial charge on any atom is -0.479 e. The summed E-state index contributed by atoms with van der Waals surface area (Å²) in [6, 6.07) is 2.23. The summed E-state index contributed by atoms with van der Waals surface area (Å²) in [5.41, 5.74) is 3.61. The molecule has 0 bridgehead atoms. The summed E-state index contributed by atoms with van der Waals surface area (Å²) in [6.07, 6.45) is 6.18. The molecule has 1 atom stereocenters. The molecule has 2 aliphatic heterocycles. The number of nitrogens with one attached hydrogen (secondary N) is 2. The van der Waals surface area contributed by atoms with Gasteiger partial charge >= 0.3 is 6.03 Å². The maximum absolute atomic E-state index is 13.2. The van der Waals surface area contributed by atoms with Crippen molar-refractivity contribution in [1.29, 1.82) is 0 Å². The maximum atomic E-state index is 13.2. The Labute approximate surface area is 180 Å². The highest BCUT2D eigenvalue weighted by atomic mass is 16.5. The molecule has 1 fully saturated rings. The second-order valence-corrected chi connectivity index (χ2v) is 8.02. The van der Waals surface area contributed by atoms with Crippen molar-refractivity contribution >= 4 is 29.0 Å². The number of carbonyl (C=O) groups excluding carboxylic acids is 1. The third kappa shape index (κ3) is 3.52. The number of aromatic nitrogens is 4. The number of rotatable bonds is 3. The lowest BCUT2D eigenvalue weighted by atomic mass is 10.1. The van der Waals surface area contributed by atoms with Crippen molar-refractivity contribution in [1.82, 2.24) is 24.7 Å². The van der Waals surface area contributed by atoms with Crippen LogP contribution in [0.3, 0.4) is 0 Å². The highest BCUT2D eigenvalue weighted by molar-refractivity contribution is 6.03. The van der Waals surface area contributed by atoms with E-state index in [9.17, 15) is 4.79 Å². The number of methoxy groups -OCH3 is 1. The van der Waals surface area contributed by atoms with E-state index < -0.39 is 0 Å². The standard InChI is InChI=1S/C21H26N8O2/c1-13-10-27(9-7-22-13)17-4-6-23-18-15(17)5-8-29(18)21(30)25-16-12-28-11-14(2)24-20(28)26-19(16)31-3/h4,6,11-13,22H,5,7-10H2,1-3H3,(H,25,30)/t13-/m0/s1. The van der Waals surface area contributed by atoms with E-state index in [0.29, 0.717) is 35.7 Å². The number of piperazine rings is 1. The molecular formula is C21H26N8O2. The molecule has 2 aliphatic rings. The molecule has 2 N–H and O–H groups in total. The number of pyridine rings is 1. The van der Waals surface area contributed by atoms with Crippen molar-refractivity contribution in [2.24, 2.45) is 0 Å². The zero-order valence-electron chi connectivity index (χ0n) is 17.9. The minimum absolute atomic E-state index is 0.256. The number of nitrogens with zero attached hydrogens (tertiary/aromatic N) is 6. The van der Waals surface area contributed by atoms with Gasteiger partial charge in [0.15, 0.2) is 0 Å². The minimum atomic E-state index is -0.256. The lowest BCUT2D eigenvalue weighted by Gasteiger charge is -2.34. The Kier molecular flexibility index (Phi) is 4.85. The first-order chi connectivity index (χ1) is 15.0. The molecule has 0 unspecified atom stereocenters. The van der Waals surface area contributed by atoms with Gasteiger partial charge in [-0.1, -0.05) is 0 Å². The van der Waals surface area contributed by atoms with Crippen LogP contribution in [-0.4, -0.2) is 64.7 Å². The van der Waals surface area contributed by atoms with E-state index in [2.05, 4.69) is 43.5 Å². The highest BCUT2D eigenvalue weighted by Gasteiger charge is 2.31. The fourth-order valence-electron chi connectivity index (χ4n) is 4.37. The Balaban J connectivity index is 1.41. The van der Waals surface area contributed by atoms with Crippen LogP contribution in [0.2, 0.25) is 0 Å². The van der Waals surface area contributed by atoms with Gasteiger partial charge in [0, 0.05) is 62.1 Å². The second kappa shape index (κ2) is 7.69. The molecule has 0 spiro atoms. The first-order valence-corrected chi connectivity index (χ1v) is 10.5. The topological polar surface area (TPSA) is 99.9 Å². The number of hydrogen-bond acceptors (Lipinski definition) is 7. The van der Waals surface area contributed by atoms with Crippen LogP contribution < -0.4 is 25.2 Å². The molecule has 5 rings (SSSR count). The van der Waals surface area contributed by atoms with Crippen LogP contribution in [0.4, 0.5) is 22.0 Å². The number of fused-ring (bicyclic) bond motifs is 2. The number of aryl methyl sites for hydroxylation is 1. The maximum Gasteiger partial charge on any atom is 0.327 e. The Morgan fingerprint density at radius 2 is 2.16 bits per heavy atom. The number of imidazole rings is 1. The number of urea groups is 1. The Bertz CT molecular complexity index is 1140. The summed E-state index contributed by atoms with van der Waals surface area (Å²) in [5.74, 6) is 1.56. The molecule has 0 aromatic carbocycles. The molecule has 0 aliphatic carbocycles. The van der Waals surface area contributed by atoms with E-state index in [4.69, 9.17) is 4.74 Å². The lowest BCUT2D eigenvalue weighted by molar-refractivity contribution is 0.257. The smallest absolute Gasteiger partial charge is 0.327 e. The van der Waals surface area contributed by atoms with Gasteiger partial charge in [0.2, 0.25) is 11.7 Å². The fraction of sp³-hybridized carbons (Fsp3) is 0.429. The van der Waals surface area contributed by atoms with E-state index in [-0.39, 0.29) is 6.03 Å². The summed E-state index contributed by atoms with van der Waals surface area (Å²) in [6.45, 7) is 7.49. The average Bonchev–Trinajstić information content (AvgIpc) is 3.35. The molecule has 31 heavy (non-hydrogen) atoms. The van der Waals surface area contributed by atoms with Crippen LogP contribution in [0.5, 0.6) is 5.88 Å². The van der Waals surface area contributed by atoms with Crippen molar-refractivity contribution in [3.63, 3.8) is 0 Å². The molecule has 10 heteroatoms. The van der Waals surface area contributed by atoms with Gasteiger partial charge in [-0.2, -0.15) is 4.98 Å². The van der Waals surface area contributed by atoms with Gasteiger partial charge in [0.25, 0.3) is 0 Å². The third-order valence-electron chi connectivity index (χ3n) is 5.77. The van der Waals surface area contributed by atoms with Crippen LogP contribution in [0.15, 0.2) is 24.7 Å². The number of carbonyl (C=O) groups is 1. The molecule has 0 radical (unpaired) electrons. The van der Waals surface area contributed by atoms with Crippen molar-refractivity contribution in [3.8, 4) is 5.88 Å². The van der Waals surface area contributed by atoms with E-state index in [1.165, 1.54) is 12.8 Å². The van der Waals surface area contributed by atoms with E-state index in [1.54, 1.807) is 21.7 Å². The van der Waals surface area contributed by atoms with Gasteiger partial charge in [-0.15, -0.1) is 0 Å². The van der Waals surface area contributed by atoms with Crippen LogP contribution in [0.1, 0.15) is 18.2 Å². The van der Waals surface area contributed by atoms with Crippen molar-refractivity contribution < 1.29 is 9.53 Å². The second-order valence-electron chi connectivity index (χ2n) is 8.02. The van der Waals surface area contributed by atoms with Gasteiger partial charge in [-0.3, -0.25) is 9.30 Å². The number of amides is 2. The average molecular weight is 422 g/mol. The normalized spacial score (nSPS) is 18.4. The predicted molar refractivity (Wildman–Crippen MR) is 118 cm³/mol. The molecule has 0 saturated carbocycles. The first-order valence-electron chi connectivity index (χ1n) is 10.5. The van der Waals surface area contributed by atoms with Crippen molar-refractivity contribution in [2.75, 3.05) is 48.4 Å². The Morgan fingerprint density at radius 1 is 1.29 bits per heavy atom. The molecule has 2 amide bonds. The summed E-state index contributed by atoms with van der Waals surface area (Å²) in [7, 11) is 1.53. The summed E-state index contributed by atoms with van der Waals surface area (Å²) in [4.78, 5) is 30.5. The zero-order chi connectivity index (χ0) is 21.5. The molecule has 1 saturated heterocycles. The van der Waals surface area contributed by atoms with Crippen LogP contribution >= 0.6 is 0 Å². The van der Waals surface area contributed by atoms with E-state index >= 15 is 0 Å². The molecular weight excluding hydrogens is 396 g/mol. The van der Waals surface area contributed by atoms with Crippen LogP contribution in [0, 0.1) is 6.92 Å². The first kappa shape index (κ1) is 19.6. The van der Waals surface area contributed by atoms with E-state index in [1.807, 2.05) is 13.1 Å². The Morgan fingerprint density at radius 3 is 2.97 bits per heavy atom. The molecule has 10 nitrogen and oxygen atoms in total. The SMILES string of the molecule is COc1nc2nc(C)cn2cc1NC(=O)N1CCc2c(N3CCN[C@@H](C)C3)ccnc21. The molecule has 5 heterocycles. The highest BCUT2D eigenvalue weighted by Crippen LogP contribution is 2.35. The van der Waals surface area contributed by atoms with Crippen molar-refractivity contribution in [2.45, 2.75) is 26.3 Å². The van der Waals surface area contributed by atoms with Crippen LogP contribution in [-0.2, 0) is 6.42 Å². The molecule has 3 aromatic rings. The summed E-state index contributed by atoms with van der Waals surface area (Å²) >= 11 is 0. The monoisotopic (exact) mass is 422 g/mol.